The molecule has 0 saturated heterocycles. The molecule has 82 valence electrons. The Labute approximate surface area is 91.1 Å². The van der Waals surface area contributed by atoms with Gasteiger partial charge < -0.3 is 4.74 Å². The molecule has 0 aliphatic rings. The van der Waals surface area contributed by atoms with Crippen LogP contribution in [0.5, 0.6) is 0 Å². The Morgan fingerprint density at radius 1 is 1.50 bits per heavy atom. The molecule has 2 nitrogen and oxygen atoms in total. The number of unbranched alkanes of at least 4 members (excludes halogenated alkanes) is 1. The van der Waals surface area contributed by atoms with Gasteiger partial charge in [-0.3, -0.25) is 0 Å². The van der Waals surface area contributed by atoms with E-state index in [1.54, 1.807) is 5.94 Å². The first-order valence-electron chi connectivity index (χ1n) is 5.20. The summed E-state index contributed by atoms with van der Waals surface area (Å²) >= 11 is 1.32. The second-order valence-corrected chi connectivity index (χ2v) is 4.10. The summed E-state index contributed by atoms with van der Waals surface area (Å²) in [4.78, 5) is 10.3. The van der Waals surface area contributed by atoms with E-state index >= 15 is 0 Å². The molecule has 0 fully saturated rings. The Bertz CT molecular complexity index is 186. The maximum Gasteiger partial charge on any atom is 0.239 e. The molecule has 3 heteroatoms. The average molecular weight is 216 g/mol. The fourth-order valence-electron chi connectivity index (χ4n) is 1.22. The van der Waals surface area contributed by atoms with E-state index in [0.717, 1.165) is 6.42 Å². The van der Waals surface area contributed by atoms with Crippen molar-refractivity contribution in [1.82, 2.24) is 0 Å². The lowest BCUT2D eigenvalue weighted by molar-refractivity contribution is 0.177. The third-order valence-corrected chi connectivity index (χ3v) is 2.83. The minimum atomic E-state index is 0.375. The Kier molecular flexibility index (Phi) is 8.90. The first-order chi connectivity index (χ1) is 6.78. The molecular formula is C11H20O2S. The highest BCUT2D eigenvalue weighted by Crippen LogP contribution is 2.16. The van der Waals surface area contributed by atoms with Gasteiger partial charge in [-0.2, -0.15) is 0 Å². The Morgan fingerprint density at radius 2 is 2.21 bits per heavy atom. The van der Waals surface area contributed by atoms with Gasteiger partial charge in [0.2, 0.25) is 5.09 Å². The smallest absolute Gasteiger partial charge is 0.239 e. The van der Waals surface area contributed by atoms with Crippen LogP contribution in [0.2, 0.25) is 0 Å². The summed E-state index contributed by atoms with van der Waals surface area (Å²) in [5, 5.41) is 0.375. The zero-order chi connectivity index (χ0) is 10.8. The highest BCUT2D eigenvalue weighted by Gasteiger charge is 2.07. The summed E-state index contributed by atoms with van der Waals surface area (Å²) in [6, 6.07) is 0. The molecule has 0 bridgehead atoms. The van der Waals surface area contributed by atoms with E-state index in [1.165, 1.54) is 31.0 Å². The molecule has 0 amide bonds. The predicted octanol–water partition coefficient (Wildman–Crippen LogP) is 3.26. The second-order valence-electron chi connectivity index (χ2n) is 3.32. The highest BCUT2D eigenvalue weighted by molar-refractivity contribution is 8.02. The largest absolute Gasteiger partial charge is 0.478 e. The van der Waals surface area contributed by atoms with Crippen LogP contribution in [-0.2, 0) is 9.53 Å². The third kappa shape index (κ3) is 6.11. The van der Waals surface area contributed by atoms with Gasteiger partial charge in [0, 0.05) is 0 Å². The molecule has 1 atom stereocenters. The van der Waals surface area contributed by atoms with Crippen molar-refractivity contribution in [2.24, 2.45) is 5.92 Å². The van der Waals surface area contributed by atoms with Crippen LogP contribution in [0.1, 0.15) is 39.5 Å². The fraction of sp³-hybridized carbons (Fsp3) is 0.818. The van der Waals surface area contributed by atoms with Gasteiger partial charge in [0.25, 0.3) is 0 Å². The number of thioether (sulfide) groups is 1. The van der Waals surface area contributed by atoms with Crippen LogP contribution in [0.3, 0.4) is 0 Å². The Hall–Kier alpha value is -0.400. The summed E-state index contributed by atoms with van der Waals surface area (Å²) in [7, 11) is 0. The lowest BCUT2D eigenvalue weighted by Crippen LogP contribution is -2.08. The van der Waals surface area contributed by atoms with Crippen molar-refractivity contribution in [1.29, 1.82) is 0 Å². The molecule has 0 rings (SSSR count). The predicted molar refractivity (Wildman–Crippen MR) is 62.0 cm³/mol. The molecule has 0 saturated carbocycles. The van der Waals surface area contributed by atoms with Crippen LogP contribution >= 0.6 is 11.8 Å². The molecule has 0 aliphatic heterocycles. The average Bonchev–Trinajstić information content (AvgIpc) is 2.23. The van der Waals surface area contributed by atoms with Gasteiger partial charge >= 0.3 is 0 Å². The fourth-order valence-corrected chi connectivity index (χ4v) is 1.49. The van der Waals surface area contributed by atoms with Crippen LogP contribution < -0.4 is 0 Å². The lowest BCUT2D eigenvalue weighted by atomic mass is 10.0. The van der Waals surface area contributed by atoms with E-state index in [2.05, 4.69) is 13.8 Å². The van der Waals surface area contributed by atoms with Gasteiger partial charge in [-0.25, -0.2) is 4.79 Å². The van der Waals surface area contributed by atoms with Crippen molar-refractivity contribution >= 4 is 17.7 Å². The van der Waals surface area contributed by atoms with Crippen LogP contribution in [0, 0.1) is 5.92 Å². The number of hydrogen-bond acceptors (Lipinski definition) is 3. The molecule has 0 radical (unpaired) electrons. The van der Waals surface area contributed by atoms with Crippen molar-refractivity contribution in [3.8, 4) is 0 Å². The molecule has 14 heavy (non-hydrogen) atoms. The molecular weight excluding hydrogens is 196 g/mol. The van der Waals surface area contributed by atoms with Gasteiger partial charge in [0.15, 0.2) is 5.94 Å². The molecule has 0 N–H and O–H groups in total. The third-order valence-electron chi connectivity index (χ3n) is 2.26. The summed E-state index contributed by atoms with van der Waals surface area (Å²) in [6.45, 7) is 5.00. The van der Waals surface area contributed by atoms with Gasteiger partial charge in [-0.15, -0.1) is 0 Å². The Balaban J connectivity index is 3.76. The number of ether oxygens (including phenoxy) is 1. The van der Waals surface area contributed by atoms with Crippen molar-refractivity contribution in [3.05, 3.63) is 5.09 Å². The summed E-state index contributed by atoms with van der Waals surface area (Å²) in [5.74, 6) is 2.37. The first-order valence-corrected chi connectivity index (χ1v) is 6.42. The molecule has 0 aliphatic carbocycles. The standard InChI is InChI=1S/C11H20O2S/c1-4-6-7-10(5-2)9-13-11(8-12)14-3/h10H,4-7,9H2,1-3H3. The summed E-state index contributed by atoms with van der Waals surface area (Å²) in [5.41, 5.74) is 0. The zero-order valence-corrected chi connectivity index (χ0v) is 10.2. The van der Waals surface area contributed by atoms with E-state index < -0.39 is 0 Å². The number of rotatable bonds is 8. The zero-order valence-electron chi connectivity index (χ0n) is 9.34. The van der Waals surface area contributed by atoms with Gasteiger partial charge in [0.1, 0.15) is 0 Å². The van der Waals surface area contributed by atoms with Crippen molar-refractivity contribution in [2.75, 3.05) is 12.9 Å². The van der Waals surface area contributed by atoms with Crippen LogP contribution in [-0.4, -0.2) is 18.8 Å². The molecule has 0 heterocycles. The SMILES string of the molecule is CCCCC(CC)COC(=C=O)SC. The number of carbonyl (C=O) groups excluding carboxylic acids is 1. The topological polar surface area (TPSA) is 26.3 Å². The lowest BCUT2D eigenvalue weighted by Gasteiger charge is -2.14. The maximum atomic E-state index is 10.3. The second kappa shape index (κ2) is 9.17. The molecule has 1 unspecified atom stereocenters. The van der Waals surface area contributed by atoms with Crippen molar-refractivity contribution in [2.45, 2.75) is 39.5 Å². The molecule has 0 aromatic rings. The van der Waals surface area contributed by atoms with E-state index in [-0.39, 0.29) is 0 Å². The first kappa shape index (κ1) is 13.6. The van der Waals surface area contributed by atoms with Crippen LogP contribution in [0.25, 0.3) is 0 Å². The van der Waals surface area contributed by atoms with Crippen LogP contribution in [0.15, 0.2) is 5.09 Å². The van der Waals surface area contributed by atoms with E-state index in [9.17, 15) is 4.79 Å². The molecule has 0 spiro atoms. The molecule has 0 aromatic carbocycles. The summed E-state index contributed by atoms with van der Waals surface area (Å²) < 4.78 is 5.35. The van der Waals surface area contributed by atoms with E-state index in [4.69, 9.17) is 4.74 Å². The maximum absolute atomic E-state index is 10.3. The molecule has 0 aromatic heterocycles. The van der Waals surface area contributed by atoms with Crippen molar-refractivity contribution < 1.29 is 9.53 Å². The highest BCUT2D eigenvalue weighted by atomic mass is 32.2. The monoisotopic (exact) mass is 216 g/mol. The summed E-state index contributed by atoms with van der Waals surface area (Å²) in [6.07, 6.45) is 6.58. The van der Waals surface area contributed by atoms with Gasteiger partial charge in [-0.1, -0.05) is 44.9 Å². The Morgan fingerprint density at radius 3 is 2.64 bits per heavy atom. The van der Waals surface area contributed by atoms with Gasteiger partial charge in [0.05, 0.1) is 6.61 Å². The van der Waals surface area contributed by atoms with E-state index in [1.807, 2.05) is 6.26 Å². The van der Waals surface area contributed by atoms with Crippen molar-refractivity contribution in [3.63, 3.8) is 0 Å². The minimum Gasteiger partial charge on any atom is -0.478 e. The quantitative estimate of drug-likeness (QED) is 0.460. The normalized spacial score (nSPS) is 11.9. The van der Waals surface area contributed by atoms with Crippen LogP contribution in [0.4, 0.5) is 0 Å². The van der Waals surface area contributed by atoms with Gasteiger partial charge in [-0.05, 0) is 18.6 Å². The van der Waals surface area contributed by atoms with E-state index in [0.29, 0.717) is 17.6 Å². The number of hydrogen-bond donors (Lipinski definition) is 0. The minimum absolute atomic E-state index is 0.375.